The molecule has 1 nitrogen and oxygen atoms in total. The zero-order valence-corrected chi connectivity index (χ0v) is 12.1. The van der Waals surface area contributed by atoms with Crippen LogP contribution in [0.4, 0.5) is 0 Å². The number of hydrogen-bond acceptors (Lipinski definition) is 1. The maximum atomic E-state index is 6.40. The summed E-state index contributed by atoms with van der Waals surface area (Å²) in [4.78, 5) is 0. The molecular formula is C18H27N. The van der Waals surface area contributed by atoms with Gasteiger partial charge >= 0.3 is 0 Å². The third kappa shape index (κ3) is 2.72. The molecule has 0 amide bonds. The molecule has 1 aromatic rings. The van der Waals surface area contributed by atoms with Crippen molar-refractivity contribution in [1.82, 2.24) is 0 Å². The molecule has 0 aliphatic heterocycles. The molecule has 3 unspecified atom stereocenters. The van der Waals surface area contributed by atoms with Crippen LogP contribution in [0.3, 0.4) is 0 Å². The van der Waals surface area contributed by atoms with Gasteiger partial charge in [-0.05, 0) is 61.0 Å². The second kappa shape index (κ2) is 5.66. The molecule has 2 fully saturated rings. The lowest BCUT2D eigenvalue weighted by atomic mass is 9.73. The molecule has 2 N–H and O–H groups in total. The topological polar surface area (TPSA) is 26.0 Å². The predicted octanol–water partition coefficient (Wildman–Crippen LogP) is 4.58. The van der Waals surface area contributed by atoms with Crippen LogP contribution in [0, 0.1) is 5.92 Å². The molecule has 104 valence electrons. The maximum Gasteiger partial charge on any atom is 0.0108 e. The molecule has 0 heterocycles. The summed E-state index contributed by atoms with van der Waals surface area (Å²) in [7, 11) is 0. The van der Waals surface area contributed by atoms with E-state index in [1.54, 1.807) is 5.56 Å². The van der Waals surface area contributed by atoms with E-state index >= 15 is 0 Å². The SMILES string of the molecule is CCC1CCC(N)C(c2cccc(C3CCC3)c2)C1. The van der Waals surface area contributed by atoms with Crippen LogP contribution in [-0.2, 0) is 0 Å². The van der Waals surface area contributed by atoms with E-state index in [1.807, 2.05) is 0 Å². The Balaban J connectivity index is 1.79. The van der Waals surface area contributed by atoms with Gasteiger partial charge in [-0.3, -0.25) is 0 Å². The summed E-state index contributed by atoms with van der Waals surface area (Å²) < 4.78 is 0. The van der Waals surface area contributed by atoms with Crippen LogP contribution in [0.2, 0.25) is 0 Å². The first-order valence-corrected chi connectivity index (χ1v) is 8.13. The van der Waals surface area contributed by atoms with E-state index in [0.29, 0.717) is 12.0 Å². The first-order valence-electron chi connectivity index (χ1n) is 8.13. The van der Waals surface area contributed by atoms with Gasteiger partial charge in [0.15, 0.2) is 0 Å². The Morgan fingerprint density at radius 2 is 1.89 bits per heavy atom. The Morgan fingerprint density at radius 1 is 1.11 bits per heavy atom. The third-order valence-electron chi connectivity index (χ3n) is 5.51. The van der Waals surface area contributed by atoms with Gasteiger partial charge < -0.3 is 5.73 Å². The molecule has 1 aromatic carbocycles. The summed E-state index contributed by atoms with van der Waals surface area (Å²) >= 11 is 0. The molecule has 0 aromatic heterocycles. The number of nitrogens with two attached hydrogens (primary N) is 1. The average Bonchev–Trinajstić information content (AvgIpc) is 2.38. The van der Waals surface area contributed by atoms with Crippen molar-refractivity contribution in [3.05, 3.63) is 35.4 Å². The highest BCUT2D eigenvalue weighted by atomic mass is 14.7. The van der Waals surface area contributed by atoms with E-state index in [1.165, 1.54) is 50.5 Å². The fraction of sp³-hybridized carbons (Fsp3) is 0.667. The number of benzene rings is 1. The van der Waals surface area contributed by atoms with E-state index < -0.39 is 0 Å². The Bertz CT molecular complexity index is 421. The summed E-state index contributed by atoms with van der Waals surface area (Å²) in [5.41, 5.74) is 9.47. The van der Waals surface area contributed by atoms with Gasteiger partial charge in [-0.15, -0.1) is 0 Å². The van der Waals surface area contributed by atoms with Crippen LogP contribution in [0.1, 0.15) is 74.8 Å². The number of hydrogen-bond donors (Lipinski definition) is 1. The largest absolute Gasteiger partial charge is 0.327 e. The quantitative estimate of drug-likeness (QED) is 0.843. The fourth-order valence-electron chi connectivity index (χ4n) is 3.82. The van der Waals surface area contributed by atoms with Gasteiger partial charge in [0.05, 0.1) is 0 Å². The van der Waals surface area contributed by atoms with Crippen LogP contribution >= 0.6 is 0 Å². The van der Waals surface area contributed by atoms with Gasteiger partial charge in [-0.2, -0.15) is 0 Å². The Kier molecular flexibility index (Phi) is 3.93. The van der Waals surface area contributed by atoms with Gasteiger partial charge in [-0.1, -0.05) is 44.0 Å². The smallest absolute Gasteiger partial charge is 0.0108 e. The van der Waals surface area contributed by atoms with E-state index in [4.69, 9.17) is 5.73 Å². The summed E-state index contributed by atoms with van der Waals surface area (Å²) in [5, 5.41) is 0. The van der Waals surface area contributed by atoms with Crippen molar-refractivity contribution in [3.63, 3.8) is 0 Å². The van der Waals surface area contributed by atoms with Gasteiger partial charge in [0.1, 0.15) is 0 Å². The number of rotatable bonds is 3. The van der Waals surface area contributed by atoms with E-state index in [9.17, 15) is 0 Å². The zero-order valence-electron chi connectivity index (χ0n) is 12.1. The second-order valence-corrected chi connectivity index (χ2v) is 6.66. The van der Waals surface area contributed by atoms with Crippen LogP contribution < -0.4 is 5.73 Å². The highest BCUT2D eigenvalue weighted by Gasteiger charge is 2.29. The summed E-state index contributed by atoms with van der Waals surface area (Å²) in [5.74, 6) is 2.32. The predicted molar refractivity (Wildman–Crippen MR) is 81.4 cm³/mol. The van der Waals surface area contributed by atoms with E-state index in [-0.39, 0.29) is 0 Å². The average molecular weight is 257 g/mol. The Labute approximate surface area is 117 Å². The minimum atomic E-state index is 0.374. The van der Waals surface area contributed by atoms with Gasteiger partial charge in [0, 0.05) is 6.04 Å². The van der Waals surface area contributed by atoms with Crippen LogP contribution in [0.5, 0.6) is 0 Å². The normalized spacial score (nSPS) is 32.0. The molecule has 0 radical (unpaired) electrons. The summed E-state index contributed by atoms with van der Waals surface area (Å²) in [6, 6.07) is 9.72. The first-order chi connectivity index (χ1) is 9.28. The standard InChI is InChI=1S/C18H27N/c1-2-13-9-10-18(19)17(11-13)16-8-4-7-15(12-16)14-5-3-6-14/h4,7-8,12-14,17-18H,2-3,5-6,9-11,19H2,1H3. The van der Waals surface area contributed by atoms with Crippen molar-refractivity contribution in [3.8, 4) is 0 Å². The summed E-state index contributed by atoms with van der Waals surface area (Å²) in [6.07, 6.45) is 9.33. The second-order valence-electron chi connectivity index (χ2n) is 6.66. The highest BCUT2D eigenvalue weighted by Crippen LogP contribution is 2.40. The highest BCUT2D eigenvalue weighted by molar-refractivity contribution is 5.31. The maximum absolute atomic E-state index is 6.40. The fourth-order valence-corrected chi connectivity index (χ4v) is 3.82. The van der Waals surface area contributed by atoms with Crippen molar-refractivity contribution >= 4 is 0 Å². The summed E-state index contributed by atoms with van der Waals surface area (Å²) in [6.45, 7) is 2.32. The molecule has 1 heteroatoms. The molecule has 0 spiro atoms. The monoisotopic (exact) mass is 257 g/mol. The zero-order chi connectivity index (χ0) is 13.2. The van der Waals surface area contributed by atoms with Crippen LogP contribution in [0.25, 0.3) is 0 Å². The lowest BCUT2D eigenvalue weighted by molar-refractivity contribution is 0.282. The molecular weight excluding hydrogens is 230 g/mol. The lowest BCUT2D eigenvalue weighted by Crippen LogP contribution is -2.34. The van der Waals surface area contributed by atoms with Gasteiger partial charge in [0.2, 0.25) is 0 Å². The van der Waals surface area contributed by atoms with Crippen molar-refractivity contribution in [2.24, 2.45) is 11.7 Å². The lowest BCUT2D eigenvalue weighted by Gasteiger charge is -2.35. The van der Waals surface area contributed by atoms with E-state index in [0.717, 1.165) is 11.8 Å². The molecule has 0 bridgehead atoms. The van der Waals surface area contributed by atoms with Crippen molar-refractivity contribution in [1.29, 1.82) is 0 Å². The first kappa shape index (κ1) is 13.2. The Morgan fingerprint density at radius 3 is 2.58 bits per heavy atom. The van der Waals surface area contributed by atoms with Crippen LogP contribution in [-0.4, -0.2) is 6.04 Å². The molecule has 3 rings (SSSR count). The van der Waals surface area contributed by atoms with Crippen molar-refractivity contribution in [2.75, 3.05) is 0 Å². The van der Waals surface area contributed by atoms with Gasteiger partial charge in [-0.25, -0.2) is 0 Å². The van der Waals surface area contributed by atoms with Crippen LogP contribution in [0.15, 0.2) is 24.3 Å². The van der Waals surface area contributed by atoms with Gasteiger partial charge in [0.25, 0.3) is 0 Å². The molecule has 3 atom stereocenters. The van der Waals surface area contributed by atoms with Crippen molar-refractivity contribution in [2.45, 2.75) is 69.7 Å². The van der Waals surface area contributed by atoms with E-state index in [2.05, 4.69) is 31.2 Å². The third-order valence-corrected chi connectivity index (χ3v) is 5.51. The minimum Gasteiger partial charge on any atom is -0.327 e. The molecule has 0 saturated heterocycles. The molecule has 2 aliphatic rings. The molecule has 2 saturated carbocycles. The molecule has 19 heavy (non-hydrogen) atoms. The Hall–Kier alpha value is -0.820. The minimum absolute atomic E-state index is 0.374. The molecule has 2 aliphatic carbocycles. The van der Waals surface area contributed by atoms with Crippen molar-refractivity contribution < 1.29 is 0 Å².